The number of anilines is 1. The highest BCUT2D eigenvalue weighted by Crippen LogP contribution is 2.35. The number of imide groups is 1. The van der Waals surface area contributed by atoms with E-state index < -0.39 is 0 Å². The Balaban J connectivity index is 1.64. The number of likely N-dealkylation sites (N-methyl/N-ethyl adjacent to an activating group) is 1. The fourth-order valence-electron chi connectivity index (χ4n) is 3.27. The van der Waals surface area contributed by atoms with Crippen molar-refractivity contribution in [3.8, 4) is 17.2 Å². The molecule has 0 bridgehead atoms. The van der Waals surface area contributed by atoms with Gasteiger partial charge in [0.15, 0.2) is 11.5 Å². The third-order valence-electron chi connectivity index (χ3n) is 4.82. The zero-order valence-corrected chi connectivity index (χ0v) is 17.2. The molecular weight excluding hydrogens is 384 g/mol. The number of hydrogen-bond donors (Lipinski definition) is 1. The Kier molecular flexibility index (Phi) is 5.35. The Morgan fingerprint density at radius 3 is 2.40 bits per heavy atom. The number of amides is 2. The van der Waals surface area contributed by atoms with Crippen LogP contribution in [0.2, 0.25) is 0 Å². The van der Waals surface area contributed by atoms with Gasteiger partial charge in [-0.15, -0.1) is 0 Å². The Hall–Kier alpha value is -3.48. The second-order valence-electron chi connectivity index (χ2n) is 7.63. The lowest BCUT2D eigenvalue weighted by molar-refractivity contribution is -0.135. The minimum Gasteiger partial charge on any atom is -0.493 e. The predicted molar refractivity (Wildman–Crippen MR) is 113 cm³/mol. The first-order valence-corrected chi connectivity index (χ1v) is 9.90. The SMILES string of the molecule is CC(C)COc1ccc(C2=C(Nc3ccc4c(c3)OCCO4)C(=O)N(C)C2=O)cc1. The minimum absolute atomic E-state index is 0.232. The van der Waals surface area contributed by atoms with E-state index in [4.69, 9.17) is 14.2 Å². The van der Waals surface area contributed by atoms with E-state index in [2.05, 4.69) is 19.2 Å². The van der Waals surface area contributed by atoms with Gasteiger partial charge < -0.3 is 19.5 Å². The zero-order valence-electron chi connectivity index (χ0n) is 17.2. The first-order chi connectivity index (χ1) is 14.4. The van der Waals surface area contributed by atoms with Crippen molar-refractivity contribution in [3.05, 3.63) is 53.7 Å². The van der Waals surface area contributed by atoms with Crippen LogP contribution in [0.15, 0.2) is 48.2 Å². The molecule has 0 saturated heterocycles. The minimum atomic E-state index is -0.384. The molecule has 0 atom stereocenters. The largest absolute Gasteiger partial charge is 0.493 e. The molecule has 2 aromatic rings. The van der Waals surface area contributed by atoms with Crippen LogP contribution < -0.4 is 19.5 Å². The number of carbonyl (C=O) groups is 2. The summed E-state index contributed by atoms with van der Waals surface area (Å²) in [6.07, 6.45) is 0. The third kappa shape index (κ3) is 3.83. The van der Waals surface area contributed by atoms with Gasteiger partial charge in [-0.2, -0.15) is 0 Å². The molecule has 2 heterocycles. The maximum Gasteiger partial charge on any atom is 0.277 e. The Morgan fingerprint density at radius 1 is 1.00 bits per heavy atom. The van der Waals surface area contributed by atoms with Gasteiger partial charge in [0.2, 0.25) is 0 Å². The molecule has 0 aromatic heterocycles. The van der Waals surface area contributed by atoms with Crippen LogP contribution in [0.3, 0.4) is 0 Å². The standard InChI is InChI=1S/C23H24N2O5/c1-14(2)13-30-17-7-4-15(5-8-17)20-21(23(27)25(3)22(20)26)24-16-6-9-18-19(12-16)29-11-10-28-18/h4-9,12,14,24H,10-11,13H2,1-3H3. The molecular formula is C23H24N2O5. The van der Waals surface area contributed by atoms with Crippen molar-refractivity contribution in [3.63, 3.8) is 0 Å². The van der Waals surface area contributed by atoms with Gasteiger partial charge in [0.05, 0.1) is 12.2 Å². The summed E-state index contributed by atoms with van der Waals surface area (Å²) >= 11 is 0. The molecule has 30 heavy (non-hydrogen) atoms. The van der Waals surface area contributed by atoms with Crippen molar-refractivity contribution in [2.75, 3.05) is 32.2 Å². The lowest BCUT2D eigenvalue weighted by Crippen LogP contribution is -2.27. The first kappa shape index (κ1) is 19.8. The second-order valence-corrected chi connectivity index (χ2v) is 7.63. The molecule has 0 fully saturated rings. The average molecular weight is 408 g/mol. The van der Waals surface area contributed by atoms with Gasteiger partial charge in [-0.1, -0.05) is 26.0 Å². The van der Waals surface area contributed by atoms with Gasteiger partial charge in [-0.05, 0) is 35.7 Å². The molecule has 156 valence electrons. The Labute approximate surface area is 175 Å². The molecule has 0 saturated carbocycles. The van der Waals surface area contributed by atoms with Crippen LogP contribution >= 0.6 is 0 Å². The number of rotatable bonds is 6. The highest BCUT2D eigenvalue weighted by atomic mass is 16.6. The second kappa shape index (κ2) is 8.10. The molecule has 0 radical (unpaired) electrons. The lowest BCUT2D eigenvalue weighted by Gasteiger charge is -2.19. The van der Waals surface area contributed by atoms with Crippen LogP contribution in [-0.2, 0) is 9.59 Å². The van der Waals surface area contributed by atoms with Crippen LogP contribution in [0.1, 0.15) is 19.4 Å². The summed E-state index contributed by atoms with van der Waals surface area (Å²) in [6, 6.07) is 12.5. The number of fused-ring (bicyclic) bond motifs is 1. The monoisotopic (exact) mass is 408 g/mol. The average Bonchev–Trinajstić information content (AvgIpc) is 2.96. The summed E-state index contributed by atoms with van der Waals surface area (Å²) in [5.41, 5.74) is 1.84. The van der Waals surface area contributed by atoms with E-state index in [0.717, 1.165) is 10.6 Å². The van der Waals surface area contributed by atoms with Crippen LogP contribution in [0, 0.1) is 5.92 Å². The van der Waals surface area contributed by atoms with Crippen molar-refractivity contribution in [1.82, 2.24) is 4.90 Å². The highest BCUT2D eigenvalue weighted by Gasteiger charge is 2.37. The molecule has 0 spiro atoms. The lowest BCUT2D eigenvalue weighted by atomic mass is 10.0. The van der Waals surface area contributed by atoms with Crippen molar-refractivity contribution in [1.29, 1.82) is 0 Å². The number of carbonyl (C=O) groups excluding carboxylic acids is 2. The third-order valence-corrected chi connectivity index (χ3v) is 4.82. The molecule has 2 aliphatic rings. The molecule has 0 aliphatic carbocycles. The Morgan fingerprint density at radius 2 is 1.70 bits per heavy atom. The van der Waals surface area contributed by atoms with E-state index in [-0.39, 0.29) is 17.5 Å². The summed E-state index contributed by atoms with van der Waals surface area (Å²) in [5, 5.41) is 3.11. The van der Waals surface area contributed by atoms with Crippen molar-refractivity contribution in [2.24, 2.45) is 5.92 Å². The highest BCUT2D eigenvalue weighted by molar-refractivity contribution is 6.36. The summed E-state index contributed by atoms with van der Waals surface area (Å²) in [6.45, 7) is 5.74. The normalized spacial score (nSPS) is 15.8. The van der Waals surface area contributed by atoms with Gasteiger partial charge in [-0.25, -0.2) is 0 Å². The quantitative estimate of drug-likeness (QED) is 0.739. The van der Waals surface area contributed by atoms with Gasteiger partial charge in [0.1, 0.15) is 24.7 Å². The topological polar surface area (TPSA) is 77.1 Å². The molecule has 2 amide bonds. The number of nitrogens with zero attached hydrogens (tertiary/aromatic N) is 1. The molecule has 0 unspecified atom stereocenters. The molecule has 2 aliphatic heterocycles. The van der Waals surface area contributed by atoms with E-state index >= 15 is 0 Å². The van der Waals surface area contributed by atoms with E-state index in [1.165, 1.54) is 7.05 Å². The van der Waals surface area contributed by atoms with Crippen molar-refractivity contribution < 1.29 is 23.8 Å². The first-order valence-electron chi connectivity index (χ1n) is 9.90. The van der Waals surface area contributed by atoms with Gasteiger partial charge in [0.25, 0.3) is 11.8 Å². The van der Waals surface area contributed by atoms with Crippen LogP contribution in [0.4, 0.5) is 5.69 Å². The summed E-state index contributed by atoms with van der Waals surface area (Å²) in [4.78, 5) is 26.6. The van der Waals surface area contributed by atoms with Crippen molar-refractivity contribution in [2.45, 2.75) is 13.8 Å². The molecule has 7 heteroatoms. The van der Waals surface area contributed by atoms with Crippen LogP contribution in [-0.4, -0.2) is 43.6 Å². The number of ether oxygens (including phenoxy) is 3. The van der Waals surface area contributed by atoms with E-state index in [9.17, 15) is 9.59 Å². The van der Waals surface area contributed by atoms with Crippen molar-refractivity contribution >= 4 is 23.1 Å². The summed E-state index contributed by atoms with van der Waals surface area (Å²) in [5.74, 6) is 1.66. The van der Waals surface area contributed by atoms with Gasteiger partial charge in [0, 0.05) is 18.8 Å². The van der Waals surface area contributed by atoms with Crippen LogP contribution in [0.25, 0.3) is 5.57 Å². The van der Waals surface area contributed by atoms with E-state index in [1.54, 1.807) is 30.3 Å². The van der Waals surface area contributed by atoms with Gasteiger partial charge in [-0.3, -0.25) is 14.5 Å². The maximum absolute atomic E-state index is 12.8. The zero-order chi connectivity index (χ0) is 21.3. The number of nitrogens with one attached hydrogen (secondary N) is 1. The van der Waals surface area contributed by atoms with E-state index in [1.807, 2.05) is 12.1 Å². The van der Waals surface area contributed by atoms with E-state index in [0.29, 0.717) is 54.1 Å². The smallest absolute Gasteiger partial charge is 0.277 e. The van der Waals surface area contributed by atoms with Crippen LogP contribution in [0.5, 0.6) is 17.2 Å². The number of benzene rings is 2. The maximum atomic E-state index is 12.8. The molecule has 1 N–H and O–H groups in total. The summed E-state index contributed by atoms with van der Waals surface area (Å²) in [7, 11) is 1.48. The molecule has 7 nitrogen and oxygen atoms in total. The summed E-state index contributed by atoms with van der Waals surface area (Å²) < 4.78 is 16.8. The predicted octanol–water partition coefficient (Wildman–Crippen LogP) is 3.31. The fourth-order valence-corrected chi connectivity index (χ4v) is 3.27. The number of hydrogen-bond acceptors (Lipinski definition) is 6. The molecule has 4 rings (SSSR count). The molecule has 2 aromatic carbocycles. The Bertz CT molecular complexity index is 1010. The van der Waals surface area contributed by atoms with Gasteiger partial charge >= 0.3 is 0 Å². The fraction of sp³-hybridized carbons (Fsp3) is 0.304.